The number of benzene rings is 5. The number of imidazole rings is 2. The summed E-state index contributed by atoms with van der Waals surface area (Å²) in [5.74, 6) is -1.47. The number of nitro benzene ring substituents is 1. The number of rotatable bonds is 18. The molecule has 2 atom stereocenters. The number of hydrogen-bond acceptors (Lipinski definition) is 17. The molecule has 5 aromatic carbocycles. The lowest BCUT2D eigenvalue weighted by molar-refractivity contribution is -0.384. The van der Waals surface area contributed by atoms with Crippen LogP contribution in [0.4, 0.5) is 63.7 Å². The van der Waals surface area contributed by atoms with Gasteiger partial charge in [-0.3, -0.25) is 20.7 Å². The Morgan fingerprint density at radius 3 is 1.63 bits per heavy atom. The molecule has 0 bridgehead atoms. The van der Waals surface area contributed by atoms with Gasteiger partial charge >= 0.3 is 36.5 Å². The van der Waals surface area contributed by atoms with Crippen molar-refractivity contribution >= 4 is 126 Å². The SMILES string of the molecule is CN(C(=O)NCc1cccc(F)c1Cl)[C@H](COC(=O)Nc1cc2cc(F)ccc2cn1)Cc1cnc[nH]1.CN(C(=O)OC(C)(C)C)[C@H](COC(=O)Nc1cc2cc(F)ccc2cn1)Cc1cn(C(=O)OC(C)(C)C)cn1.O=C(NCc1cccc(F)c1Cl)Oc1ccc([N+](=O)[O-])cc1.S.S. The van der Waals surface area contributed by atoms with Gasteiger partial charge in [-0.25, -0.2) is 70.8 Å². The Labute approximate surface area is 594 Å². The third-order valence-electron chi connectivity index (χ3n) is 13.6. The first-order chi connectivity index (χ1) is 46.4. The van der Waals surface area contributed by atoms with E-state index in [1.54, 1.807) is 79.1 Å². The molecule has 0 unspecified atom stereocenters. The predicted octanol–water partition coefficient (Wildman–Crippen LogP) is 14.2. The summed E-state index contributed by atoms with van der Waals surface area (Å²) < 4.78 is 81.7. The van der Waals surface area contributed by atoms with Crippen LogP contribution in [0, 0.1) is 33.4 Å². The van der Waals surface area contributed by atoms with Crippen molar-refractivity contribution < 1.29 is 74.9 Å². The lowest BCUT2D eigenvalue weighted by Crippen LogP contribution is -2.47. The molecule has 0 spiro atoms. The topological polar surface area (TPSA) is 319 Å². The van der Waals surface area contributed by atoms with E-state index >= 15 is 0 Å². The molecule has 0 fully saturated rings. The standard InChI is InChI=1S/C27H34FN5O6.C25H23ClF2N6O3.C14H10ClFN2O4.2H2S/c1-26(2,3)38-24(35)32(7)21(12-20-14-33(16-30-20)25(36)39-27(4,5)6)15-37-23(34)31-22-11-18-10-19(28)9-8-17(18)13-29-22;1-34(24(35)31-11-16-3-2-4-21(28)23(16)26)20(9-19-12-29-14-32-19)13-37-25(36)33-22-8-17-7-18(27)6-5-15(17)10-30-22;15-13-9(2-1-3-12(13)16)8-17-14(19)22-11-6-4-10(5-7-11)18(20)21;;/h8-11,13-14,16,21H,12,15H2,1-7H3,(H,29,31,34);2-8,10,12,14,20H,9,11,13H2,1H3,(H,29,32)(H,31,35)(H,30,33,36);1-7H,8H2,(H,17,19);2*1H2/t21-;20-;;;/m00.../s1. The monoisotopic (exact) mass is 1460 g/mol. The van der Waals surface area contributed by atoms with Gasteiger partial charge < -0.3 is 49.1 Å². The molecule has 0 aliphatic heterocycles. The van der Waals surface area contributed by atoms with E-state index in [1.165, 1.54) is 138 Å². The van der Waals surface area contributed by atoms with Crippen LogP contribution in [-0.2, 0) is 44.9 Å². The molecule has 100 heavy (non-hydrogen) atoms. The maximum atomic E-state index is 13.7. The summed E-state index contributed by atoms with van der Waals surface area (Å²) >= 11 is 11.7. The number of carbonyl (C=O) groups is 6. The number of anilines is 2. The second kappa shape index (κ2) is 36.9. The number of nitrogens with zero attached hydrogens (tertiary/aromatic N) is 8. The lowest BCUT2D eigenvalue weighted by Gasteiger charge is -2.30. The zero-order chi connectivity index (χ0) is 71.4. The molecule has 34 heteroatoms. The summed E-state index contributed by atoms with van der Waals surface area (Å²) in [5.41, 5.74) is 0.473. The number of likely N-dealkylation sites (N-methyl/N-ethyl adjacent to an activating group) is 2. The molecule has 4 heterocycles. The Kier molecular flexibility index (Phi) is 29.6. The molecule has 0 aliphatic carbocycles. The number of aromatic amines is 1. The molecule has 6 amide bonds. The average molecular weight is 1470 g/mol. The number of carbonyl (C=O) groups excluding carboxylic acids is 6. The summed E-state index contributed by atoms with van der Waals surface area (Å²) in [4.78, 5) is 107. The zero-order valence-corrected chi connectivity index (χ0v) is 58.4. The molecule has 532 valence electrons. The summed E-state index contributed by atoms with van der Waals surface area (Å²) in [5, 5.41) is 23.0. The largest absolute Gasteiger partial charge is 0.447 e. The van der Waals surface area contributed by atoms with Crippen molar-refractivity contribution in [3.8, 4) is 5.75 Å². The maximum absolute atomic E-state index is 13.7. The van der Waals surface area contributed by atoms with Gasteiger partial charge in [0.1, 0.15) is 71.4 Å². The summed E-state index contributed by atoms with van der Waals surface area (Å²) in [6.07, 6.45) is 5.75. The van der Waals surface area contributed by atoms with Crippen LogP contribution in [0.1, 0.15) is 64.1 Å². The first-order valence-corrected chi connectivity index (χ1v) is 30.4. The molecule has 4 aromatic heterocycles. The maximum Gasteiger partial charge on any atom is 0.419 e. The van der Waals surface area contributed by atoms with Crippen molar-refractivity contribution in [1.82, 2.24) is 49.9 Å². The van der Waals surface area contributed by atoms with E-state index < -0.39 is 88.0 Å². The van der Waals surface area contributed by atoms with Crippen LogP contribution in [0.25, 0.3) is 21.5 Å². The van der Waals surface area contributed by atoms with E-state index in [0.29, 0.717) is 44.8 Å². The van der Waals surface area contributed by atoms with Crippen molar-refractivity contribution in [3.05, 3.63) is 213 Å². The third-order valence-corrected chi connectivity index (χ3v) is 14.5. The molecule has 9 aromatic rings. The van der Waals surface area contributed by atoms with Gasteiger partial charge in [0.25, 0.3) is 5.69 Å². The number of urea groups is 1. The smallest absolute Gasteiger partial charge is 0.419 e. The minimum absolute atomic E-state index is 0. The number of aromatic nitrogens is 6. The molecule has 9 rings (SSSR count). The van der Waals surface area contributed by atoms with Crippen molar-refractivity contribution in [2.75, 3.05) is 37.9 Å². The number of ether oxygens (including phenoxy) is 5. The predicted molar refractivity (Wildman–Crippen MR) is 374 cm³/mol. The number of halogens is 6. The molecule has 0 radical (unpaired) electrons. The normalized spacial score (nSPS) is 11.4. The van der Waals surface area contributed by atoms with Gasteiger partial charge in [0.05, 0.1) is 39.1 Å². The van der Waals surface area contributed by atoms with Gasteiger partial charge in [-0.15, -0.1) is 0 Å². The van der Waals surface area contributed by atoms with E-state index in [2.05, 4.69) is 46.2 Å². The van der Waals surface area contributed by atoms with Crippen LogP contribution in [0.3, 0.4) is 0 Å². The first-order valence-electron chi connectivity index (χ1n) is 29.6. The van der Waals surface area contributed by atoms with Gasteiger partial charge in [-0.1, -0.05) is 47.5 Å². The van der Waals surface area contributed by atoms with Crippen LogP contribution < -0.4 is 26.0 Å². The lowest BCUT2D eigenvalue weighted by atomic mass is 10.1. The van der Waals surface area contributed by atoms with Gasteiger partial charge in [0.15, 0.2) is 0 Å². The minimum Gasteiger partial charge on any atom is -0.447 e. The first kappa shape index (κ1) is 80.2. The van der Waals surface area contributed by atoms with E-state index in [9.17, 15) is 56.4 Å². The molecule has 5 N–H and O–H groups in total. The molecule has 0 aliphatic rings. The number of nitro groups is 1. The number of pyridine rings is 2. The minimum atomic E-state index is -0.819. The summed E-state index contributed by atoms with van der Waals surface area (Å²) in [6, 6.07) is 23.4. The molecular formula is C66H71Cl2F4N13O13S2. The summed E-state index contributed by atoms with van der Waals surface area (Å²) in [7, 11) is 3.06. The van der Waals surface area contributed by atoms with Crippen LogP contribution in [0.5, 0.6) is 5.75 Å². The van der Waals surface area contributed by atoms with Crippen LogP contribution >= 0.6 is 50.2 Å². The van der Waals surface area contributed by atoms with Crippen LogP contribution in [-0.4, -0.2) is 131 Å². The fourth-order valence-electron chi connectivity index (χ4n) is 8.64. The third kappa shape index (κ3) is 25.1. The molecule has 0 saturated heterocycles. The van der Waals surface area contributed by atoms with Gasteiger partial charge in [0, 0.05) is 93.4 Å². The van der Waals surface area contributed by atoms with Crippen molar-refractivity contribution in [3.63, 3.8) is 0 Å². The number of H-pyrrole nitrogens is 1. The van der Waals surface area contributed by atoms with Gasteiger partial charge in [-0.2, -0.15) is 27.0 Å². The Balaban J connectivity index is 0.000000278. The van der Waals surface area contributed by atoms with Crippen LogP contribution in [0.15, 0.2) is 147 Å². The van der Waals surface area contributed by atoms with Crippen molar-refractivity contribution in [1.29, 1.82) is 0 Å². The fraction of sp³-hybridized carbons (Fsp3) is 0.273. The Bertz CT molecular complexity index is 4310. The van der Waals surface area contributed by atoms with E-state index in [0.717, 1.165) is 5.69 Å². The highest BCUT2D eigenvalue weighted by Gasteiger charge is 2.29. The zero-order valence-electron chi connectivity index (χ0n) is 54.9. The second-order valence-corrected chi connectivity index (χ2v) is 24.2. The number of amides is 6. The number of non-ortho nitro benzene ring substituents is 1. The highest BCUT2D eigenvalue weighted by atomic mass is 35.5. The average Bonchev–Trinajstić information content (AvgIpc) is 1.14. The quantitative estimate of drug-likeness (QED) is 0.0231. The molecule has 0 saturated carbocycles. The van der Waals surface area contributed by atoms with Crippen molar-refractivity contribution in [2.24, 2.45) is 0 Å². The van der Waals surface area contributed by atoms with E-state index in [4.69, 9.17) is 46.9 Å². The summed E-state index contributed by atoms with van der Waals surface area (Å²) in [6.45, 7) is 10.1. The van der Waals surface area contributed by atoms with E-state index in [-0.39, 0.29) is 92.8 Å². The number of fused-ring (bicyclic) bond motifs is 2. The highest BCUT2D eigenvalue weighted by molar-refractivity contribution is 7.59. The van der Waals surface area contributed by atoms with E-state index in [1.807, 2.05) is 0 Å². The Morgan fingerprint density at radius 2 is 1.14 bits per heavy atom. The van der Waals surface area contributed by atoms with Crippen molar-refractivity contribution in [2.45, 2.75) is 90.8 Å². The van der Waals surface area contributed by atoms with Crippen LogP contribution in [0.2, 0.25) is 10.0 Å². The highest BCUT2D eigenvalue weighted by Crippen LogP contribution is 2.25. The van der Waals surface area contributed by atoms with Gasteiger partial charge in [-0.05, 0) is 136 Å². The fourth-order valence-corrected chi connectivity index (χ4v) is 9.02. The second-order valence-electron chi connectivity index (χ2n) is 23.4. The Hall–Kier alpha value is -10.4. The van der Waals surface area contributed by atoms with Gasteiger partial charge in [0.2, 0.25) is 0 Å². The molecular weight excluding hydrogens is 1390 g/mol. The molecule has 26 nitrogen and oxygen atoms in total. The number of nitrogens with one attached hydrogen (secondary N) is 5. The Morgan fingerprint density at radius 1 is 0.630 bits per heavy atom. The number of hydrogen-bond donors (Lipinski definition) is 5.